The molecule has 120 valence electrons. The Kier molecular flexibility index (Phi) is 3.05. The summed E-state index contributed by atoms with van der Waals surface area (Å²) in [4.78, 5) is 11.8. The second-order valence-electron chi connectivity index (χ2n) is 8.77. The topological polar surface area (TPSA) is 37.3 Å². The van der Waals surface area contributed by atoms with Crippen molar-refractivity contribution in [2.24, 2.45) is 34.5 Å². The molecule has 0 saturated heterocycles. The number of aliphatic hydroxyl groups is 1. The molecular weight excluding hydrogens is 272 g/mol. The van der Waals surface area contributed by atoms with E-state index in [-0.39, 0.29) is 22.7 Å². The molecular formula is C20H28O2. The Labute approximate surface area is 133 Å². The molecule has 4 aliphatic carbocycles. The first-order chi connectivity index (χ1) is 10.4. The van der Waals surface area contributed by atoms with Crippen LogP contribution < -0.4 is 0 Å². The second-order valence-corrected chi connectivity index (χ2v) is 8.77. The summed E-state index contributed by atoms with van der Waals surface area (Å²) in [7, 11) is 0. The number of carbonyl (C=O) groups is 1. The average Bonchev–Trinajstić information content (AvgIpc) is 2.77. The molecule has 0 aliphatic heterocycles. The van der Waals surface area contributed by atoms with Gasteiger partial charge in [0, 0.05) is 5.41 Å². The number of aliphatic hydroxyl groups excluding tert-OH is 1. The third-order valence-electron chi connectivity index (χ3n) is 7.83. The van der Waals surface area contributed by atoms with Crippen LogP contribution in [0.3, 0.4) is 0 Å². The standard InChI is InChI=1S/C20H28O2/c1-12-10-14-15-4-5-18(22)20(15,3)9-7-16(14)19(2)8-6-13(21)11-17(12)19/h6,8,11-12,14-16,18,22H,4-5,7,9-10H2,1-3H3/t12-,14?,15?,16?,18?,19?,20?/m0/s1. The van der Waals surface area contributed by atoms with Crippen molar-refractivity contribution < 1.29 is 9.90 Å². The Morgan fingerprint density at radius 3 is 2.73 bits per heavy atom. The smallest absolute Gasteiger partial charge is 0.178 e. The van der Waals surface area contributed by atoms with E-state index in [1.54, 1.807) is 6.08 Å². The number of allylic oxidation sites excluding steroid dienone is 4. The molecule has 3 saturated carbocycles. The molecule has 4 aliphatic rings. The van der Waals surface area contributed by atoms with E-state index < -0.39 is 0 Å². The lowest BCUT2D eigenvalue weighted by atomic mass is 9.47. The van der Waals surface area contributed by atoms with Crippen LogP contribution in [-0.2, 0) is 4.79 Å². The molecule has 0 heterocycles. The van der Waals surface area contributed by atoms with Crippen molar-refractivity contribution in [2.75, 3.05) is 0 Å². The van der Waals surface area contributed by atoms with Gasteiger partial charge in [-0.3, -0.25) is 4.79 Å². The maximum absolute atomic E-state index is 11.8. The normalized spacial score (nSPS) is 53.5. The molecule has 0 aromatic carbocycles. The summed E-state index contributed by atoms with van der Waals surface area (Å²) in [5.74, 6) is 2.65. The molecule has 22 heavy (non-hydrogen) atoms. The molecule has 2 heteroatoms. The fraction of sp³-hybridized carbons (Fsp3) is 0.750. The highest BCUT2D eigenvalue weighted by molar-refractivity contribution is 6.01. The lowest BCUT2D eigenvalue weighted by molar-refractivity contribution is -0.111. The third kappa shape index (κ3) is 1.73. The number of ketones is 1. The van der Waals surface area contributed by atoms with Gasteiger partial charge in [0.2, 0.25) is 0 Å². The van der Waals surface area contributed by atoms with Gasteiger partial charge in [-0.25, -0.2) is 0 Å². The van der Waals surface area contributed by atoms with Crippen LogP contribution in [0.4, 0.5) is 0 Å². The maximum Gasteiger partial charge on any atom is 0.178 e. The van der Waals surface area contributed by atoms with Gasteiger partial charge in [0.05, 0.1) is 6.10 Å². The van der Waals surface area contributed by atoms with E-state index in [2.05, 4.69) is 26.8 Å². The fourth-order valence-corrected chi connectivity index (χ4v) is 6.59. The van der Waals surface area contributed by atoms with Crippen LogP contribution in [0.25, 0.3) is 0 Å². The van der Waals surface area contributed by atoms with E-state index in [4.69, 9.17) is 0 Å². The quantitative estimate of drug-likeness (QED) is 0.736. The predicted molar refractivity (Wildman–Crippen MR) is 87.2 cm³/mol. The zero-order valence-electron chi connectivity index (χ0n) is 14.0. The maximum atomic E-state index is 11.8. The summed E-state index contributed by atoms with van der Waals surface area (Å²) >= 11 is 0. The van der Waals surface area contributed by atoms with Gasteiger partial charge in [-0.15, -0.1) is 0 Å². The van der Waals surface area contributed by atoms with Gasteiger partial charge in [0.25, 0.3) is 0 Å². The molecule has 6 unspecified atom stereocenters. The first-order valence-corrected chi connectivity index (χ1v) is 8.99. The summed E-state index contributed by atoms with van der Waals surface area (Å²) < 4.78 is 0. The van der Waals surface area contributed by atoms with Gasteiger partial charge in [-0.05, 0) is 73.3 Å². The summed E-state index contributed by atoms with van der Waals surface area (Å²) in [5, 5.41) is 10.5. The molecule has 4 rings (SSSR count). The monoisotopic (exact) mass is 300 g/mol. The Morgan fingerprint density at radius 2 is 1.95 bits per heavy atom. The molecule has 2 nitrogen and oxygen atoms in total. The first kappa shape index (κ1) is 14.7. The van der Waals surface area contributed by atoms with Gasteiger partial charge < -0.3 is 5.11 Å². The van der Waals surface area contributed by atoms with Gasteiger partial charge in [0.1, 0.15) is 0 Å². The Morgan fingerprint density at radius 1 is 1.18 bits per heavy atom. The van der Waals surface area contributed by atoms with Gasteiger partial charge in [-0.2, -0.15) is 0 Å². The second kappa shape index (κ2) is 4.56. The zero-order chi connectivity index (χ0) is 15.7. The van der Waals surface area contributed by atoms with Crippen LogP contribution in [0, 0.1) is 34.5 Å². The molecule has 0 radical (unpaired) electrons. The van der Waals surface area contributed by atoms with Crippen molar-refractivity contribution >= 4 is 5.78 Å². The molecule has 0 aromatic heterocycles. The number of rotatable bonds is 0. The van der Waals surface area contributed by atoms with Crippen LogP contribution in [0.2, 0.25) is 0 Å². The van der Waals surface area contributed by atoms with Crippen molar-refractivity contribution in [3.63, 3.8) is 0 Å². The van der Waals surface area contributed by atoms with Crippen molar-refractivity contribution in [3.8, 4) is 0 Å². The van der Waals surface area contributed by atoms with Crippen molar-refractivity contribution in [1.29, 1.82) is 0 Å². The molecule has 0 bridgehead atoms. The minimum atomic E-state index is -0.109. The summed E-state index contributed by atoms with van der Waals surface area (Å²) in [5.41, 5.74) is 1.56. The highest BCUT2D eigenvalue weighted by atomic mass is 16.3. The highest BCUT2D eigenvalue weighted by Crippen LogP contribution is 2.65. The molecule has 0 aromatic rings. The summed E-state index contributed by atoms with van der Waals surface area (Å²) in [6.45, 7) is 6.97. The van der Waals surface area contributed by atoms with Crippen molar-refractivity contribution in [1.82, 2.24) is 0 Å². The Bertz CT molecular complexity index is 574. The average molecular weight is 300 g/mol. The molecule has 0 spiro atoms. The van der Waals surface area contributed by atoms with Gasteiger partial charge in [0.15, 0.2) is 5.78 Å². The largest absolute Gasteiger partial charge is 0.393 e. The van der Waals surface area contributed by atoms with Crippen LogP contribution in [-0.4, -0.2) is 17.0 Å². The van der Waals surface area contributed by atoms with E-state index >= 15 is 0 Å². The molecule has 7 atom stereocenters. The Balaban J connectivity index is 1.74. The summed E-state index contributed by atoms with van der Waals surface area (Å²) in [6, 6.07) is 0. The fourth-order valence-electron chi connectivity index (χ4n) is 6.59. The molecule has 3 fully saturated rings. The minimum Gasteiger partial charge on any atom is -0.393 e. The van der Waals surface area contributed by atoms with E-state index in [0.29, 0.717) is 23.7 Å². The van der Waals surface area contributed by atoms with Crippen LogP contribution in [0.15, 0.2) is 23.8 Å². The minimum absolute atomic E-state index is 0.0606. The van der Waals surface area contributed by atoms with Gasteiger partial charge in [-0.1, -0.05) is 32.4 Å². The van der Waals surface area contributed by atoms with Crippen LogP contribution in [0.1, 0.15) is 52.9 Å². The Hall–Kier alpha value is -0.890. The highest BCUT2D eigenvalue weighted by Gasteiger charge is 2.59. The first-order valence-electron chi connectivity index (χ1n) is 8.99. The van der Waals surface area contributed by atoms with Crippen molar-refractivity contribution in [2.45, 2.75) is 59.0 Å². The van der Waals surface area contributed by atoms with Gasteiger partial charge >= 0.3 is 0 Å². The number of hydrogen-bond acceptors (Lipinski definition) is 2. The van der Waals surface area contributed by atoms with E-state index in [1.165, 1.54) is 24.8 Å². The lowest BCUT2D eigenvalue weighted by Gasteiger charge is -2.58. The van der Waals surface area contributed by atoms with Crippen molar-refractivity contribution in [3.05, 3.63) is 23.8 Å². The van der Waals surface area contributed by atoms with Crippen LogP contribution >= 0.6 is 0 Å². The molecule has 1 N–H and O–H groups in total. The van der Waals surface area contributed by atoms with E-state index in [0.717, 1.165) is 12.8 Å². The number of hydrogen-bond donors (Lipinski definition) is 1. The SMILES string of the molecule is C[C@H]1CC2C(CCC3(C)C(O)CCC23)C2(C)C=CC(=O)C=C12. The zero-order valence-corrected chi connectivity index (χ0v) is 14.0. The summed E-state index contributed by atoms with van der Waals surface area (Å²) in [6.07, 6.45) is 11.5. The number of carbonyl (C=O) groups excluding carboxylic acids is 1. The van der Waals surface area contributed by atoms with Crippen LogP contribution in [0.5, 0.6) is 0 Å². The lowest BCUT2D eigenvalue weighted by Crippen LogP contribution is -2.52. The van der Waals surface area contributed by atoms with E-state index in [1.807, 2.05) is 6.08 Å². The van der Waals surface area contributed by atoms with E-state index in [9.17, 15) is 9.90 Å². The predicted octanol–water partition coefficient (Wildman–Crippen LogP) is 3.90. The number of fused-ring (bicyclic) bond motifs is 5. The molecule has 0 amide bonds. The third-order valence-corrected chi connectivity index (χ3v) is 7.83.